The quantitative estimate of drug-likeness (QED) is 0.563. The molecule has 1 aromatic heterocycles. The zero-order valence-corrected chi connectivity index (χ0v) is 16.8. The van der Waals surface area contributed by atoms with E-state index in [9.17, 15) is 9.18 Å². The third-order valence-electron chi connectivity index (χ3n) is 3.74. The van der Waals surface area contributed by atoms with Gasteiger partial charge in [0.15, 0.2) is 23.9 Å². The summed E-state index contributed by atoms with van der Waals surface area (Å²) < 4.78 is 33.5. The molecule has 0 aliphatic heterocycles. The molecule has 1 N–H and O–H groups in total. The molecule has 0 aliphatic carbocycles. The summed E-state index contributed by atoms with van der Waals surface area (Å²) in [7, 11) is 1.57. The molecule has 0 radical (unpaired) electrons. The number of rotatable bonds is 9. The first-order valence-electron chi connectivity index (χ1n) is 8.92. The highest BCUT2D eigenvalue weighted by molar-refractivity contribution is 7.10. The van der Waals surface area contributed by atoms with E-state index in [2.05, 4.69) is 14.7 Å². The number of carbonyl (C=O) groups excluding carboxylic acids is 1. The molecule has 0 bridgehead atoms. The van der Waals surface area contributed by atoms with Crippen molar-refractivity contribution in [3.63, 3.8) is 0 Å². The largest absolute Gasteiger partial charge is 0.493 e. The number of benzene rings is 2. The fourth-order valence-corrected chi connectivity index (χ4v) is 2.97. The van der Waals surface area contributed by atoms with Gasteiger partial charge in [-0.05, 0) is 48.9 Å². The Hall–Kier alpha value is -3.20. The standard InChI is InChI=1S/C20H20FN3O4S/c1-3-10-27-16-9-4-13(11-17(16)26-2)19-23-20(29-24-19)22-18(25)12-28-15-7-5-14(21)6-8-15/h4-9,11H,3,10,12H2,1-2H3,(H,22,23,24,25). The van der Waals surface area contributed by atoms with Crippen molar-refractivity contribution in [1.82, 2.24) is 9.36 Å². The van der Waals surface area contributed by atoms with Gasteiger partial charge in [-0.1, -0.05) is 6.92 Å². The number of carbonyl (C=O) groups is 1. The van der Waals surface area contributed by atoms with Crippen LogP contribution in [-0.2, 0) is 4.79 Å². The number of nitrogens with zero attached hydrogens (tertiary/aromatic N) is 2. The van der Waals surface area contributed by atoms with E-state index in [1.165, 1.54) is 24.3 Å². The maximum absolute atomic E-state index is 12.9. The number of hydrogen-bond donors (Lipinski definition) is 1. The van der Waals surface area contributed by atoms with E-state index < -0.39 is 5.91 Å². The Morgan fingerprint density at radius 3 is 2.66 bits per heavy atom. The first-order chi connectivity index (χ1) is 14.1. The number of hydrogen-bond acceptors (Lipinski definition) is 7. The lowest BCUT2D eigenvalue weighted by molar-refractivity contribution is -0.118. The van der Waals surface area contributed by atoms with Crippen LogP contribution < -0.4 is 19.5 Å². The van der Waals surface area contributed by atoms with Gasteiger partial charge in [0.1, 0.15) is 11.6 Å². The van der Waals surface area contributed by atoms with E-state index in [1.54, 1.807) is 19.2 Å². The van der Waals surface area contributed by atoms with Gasteiger partial charge in [-0.3, -0.25) is 10.1 Å². The van der Waals surface area contributed by atoms with Crippen LogP contribution >= 0.6 is 11.5 Å². The third-order valence-corrected chi connectivity index (χ3v) is 4.37. The second kappa shape index (κ2) is 9.83. The van der Waals surface area contributed by atoms with Gasteiger partial charge in [0.05, 0.1) is 13.7 Å². The van der Waals surface area contributed by atoms with Crippen LogP contribution in [0.15, 0.2) is 42.5 Å². The molecular weight excluding hydrogens is 397 g/mol. The number of aromatic nitrogens is 2. The van der Waals surface area contributed by atoms with Crippen molar-refractivity contribution in [2.24, 2.45) is 0 Å². The summed E-state index contributed by atoms with van der Waals surface area (Å²) in [5.41, 5.74) is 0.741. The molecule has 0 spiro atoms. The molecular formula is C20H20FN3O4S. The number of nitrogens with one attached hydrogen (secondary N) is 1. The van der Waals surface area contributed by atoms with Crippen molar-refractivity contribution in [2.75, 3.05) is 25.6 Å². The maximum atomic E-state index is 12.9. The van der Waals surface area contributed by atoms with Gasteiger partial charge in [-0.25, -0.2) is 4.39 Å². The van der Waals surface area contributed by atoms with E-state index in [-0.39, 0.29) is 12.4 Å². The van der Waals surface area contributed by atoms with Crippen LogP contribution in [0.25, 0.3) is 11.4 Å². The molecule has 0 fully saturated rings. The normalized spacial score (nSPS) is 10.4. The highest BCUT2D eigenvalue weighted by atomic mass is 32.1. The molecule has 29 heavy (non-hydrogen) atoms. The zero-order valence-electron chi connectivity index (χ0n) is 16.0. The number of anilines is 1. The van der Waals surface area contributed by atoms with Crippen LogP contribution in [-0.4, -0.2) is 35.6 Å². The summed E-state index contributed by atoms with van der Waals surface area (Å²) in [5, 5.41) is 2.98. The second-order valence-electron chi connectivity index (χ2n) is 5.93. The fraction of sp³-hybridized carbons (Fsp3) is 0.250. The first-order valence-corrected chi connectivity index (χ1v) is 9.69. The van der Waals surface area contributed by atoms with Crippen molar-refractivity contribution in [3.8, 4) is 28.6 Å². The van der Waals surface area contributed by atoms with Crippen molar-refractivity contribution in [1.29, 1.82) is 0 Å². The van der Waals surface area contributed by atoms with Crippen LogP contribution in [0.2, 0.25) is 0 Å². The van der Waals surface area contributed by atoms with Crippen LogP contribution in [0.5, 0.6) is 17.2 Å². The van der Waals surface area contributed by atoms with E-state index in [4.69, 9.17) is 14.2 Å². The van der Waals surface area contributed by atoms with Gasteiger partial charge in [-0.15, -0.1) is 0 Å². The van der Waals surface area contributed by atoms with Gasteiger partial charge < -0.3 is 14.2 Å². The highest BCUT2D eigenvalue weighted by Crippen LogP contribution is 2.32. The van der Waals surface area contributed by atoms with Gasteiger partial charge in [-0.2, -0.15) is 9.36 Å². The van der Waals surface area contributed by atoms with Gasteiger partial charge in [0.25, 0.3) is 5.91 Å². The van der Waals surface area contributed by atoms with Gasteiger partial charge >= 0.3 is 0 Å². The van der Waals surface area contributed by atoms with Crippen LogP contribution in [0.3, 0.4) is 0 Å². The van der Waals surface area contributed by atoms with Crippen molar-refractivity contribution in [2.45, 2.75) is 13.3 Å². The molecule has 2 aromatic carbocycles. The Bertz CT molecular complexity index is 963. The van der Waals surface area contributed by atoms with E-state index in [0.717, 1.165) is 23.5 Å². The van der Waals surface area contributed by atoms with Crippen LogP contribution in [0.1, 0.15) is 13.3 Å². The van der Waals surface area contributed by atoms with E-state index in [1.807, 2.05) is 13.0 Å². The lowest BCUT2D eigenvalue weighted by Gasteiger charge is -2.10. The lowest BCUT2D eigenvalue weighted by Crippen LogP contribution is -2.20. The summed E-state index contributed by atoms with van der Waals surface area (Å²) >= 11 is 1.06. The summed E-state index contributed by atoms with van der Waals surface area (Å²) in [6.45, 7) is 2.40. The smallest absolute Gasteiger partial charge is 0.264 e. The second-order valence-corrected chi connectivity index (χ2v) is 6.68. The molecule has 0 atom stereocenters. The number of ether oxygens (including phenoxy) is 3. The van der Waals surface area contributed by atoms with Gasteiger partial charge in [0, 0.05) is 17.1 Å². The van der Waals surface area contributed by atoms with Crippen molar-refractivity contribution >= 4 is 22.6 Å². The predicted molar refractivity (Wildman–Crippen MR) is 108 cm³/mol. The molecule has 3 aromatic rings. The number of methoxy groups -OCH3 is 1. The highest BCUT2D eigenvalue weighted by Gasteiger charge is 2.13. The molecule has 0 unspecified atom stereocenters. The summed E-state index contributed by atoms with van der Waals surface area (Å²) in [4.78, 5) is 16.4. The summed E-state index contributed by atoms with van der Waals surface area (Å²) in [6.07, 6.45) is 0.895. The maximum Gasteiger partial charge on any atom is 0.264 e. The lowest BCUT2D eigenvalue weighted by atomic mass is 10.2. The minimum Gasteiger partial charge on any atom is -0.493 e. The van der Waals surface area contributed by atoms with E-state index >= 15 is 0 Å². The average Bonchev–Trinajstić information content (AvgIpc) is 3.20. The Labute approximate surface area is 171 Å². The minimum atomic E-state index is -0.391. The van der Waals surface area contributed by atoms with Crippen LogP contribution in [0.4, 0.5) is 9.52 Å². The molecule has 0 saturated carbocycles. The first kappa shape index (κ1) is 20.5. The van der Waals surface area contributed by atoms with Crippen LogP contribution in [0, 0.1) is 5.82 Å². The Morgan fingerprint density at radius 2 is 1.93 bits per heavy atom. The molecule has 3 rings (SSSR count). The summed E-state index contributed by atoms with van der Waals surface area (Å²) in [6, 6.07) is 10.9. The van der Waals surface area contributed by atoms with Crippen molar-refractivity contribution < 1.29 is 23.4 Å². The topological polar surface area (TPSA) is 82.6 Å². The van der Waals surface area contributed by atoms with Gasteiger partial charge in [0.2, 0.25) is 5.13 Å². The van der Waals surface area contributed by atoms with Crippen molar-refractivity contribution in [3.05, 3.63) is 48.3 Å². The zero-order chi connectivity index (χ0) is 20.6. The molecule has 9 heteroatoms. The monoisotopic (exact) mass is 417 g/mol. The molecule has 152 valence electrons. The Balaban J connectivity index is 1.61. The predicted octanol–water partition coefficient (Wildman–Crippen LogP) is 4.16. The molecule has 0 saturated heterocycles. The van der Waals surface area contributed by atoms with E-state index in [0.29, 0.717) is 34.8 Å². The Morgan fingerprint density at radius 1 is 1.14 bits per heavy atom. The fourth-order valence-electron chi connectivity index (χ4n) is 2.36. The summed E-state index contributed by atoms with van der Waals surface area (Å²) in [5.74, 6) is 1.34. The Kier molecular flexibility index (Phi) is 6.96. The molecule has 1 heterocycles. The SMILES string of the molecule is CCCOc1ccc(-c2nsc(NC(=O)COc3ccc(F)cc3)n2)cc1OC. The molecule has 7 nitrogen and oxygen atoms in total. The molecule has 0 aliphatic rings. The number of amides is 1. The third kappa shape index (κ3) is 5.64. The minimum absolute atomic E-state index is 0.224. The average molecular weight is 417 g/mol. The molecule has 1 amide bonds. The number of halogens is 1.